The predicted molar refractivity (Wildman–Crippen MR) is 192 cm³/mol. The second-order valence-corrected chi connectivity index (χ2v) is 13.1. The number of carbonyl (C=O) groups excluding carboxylic acids is 1. The number of likely N-dealkylation sites (tertiary alicyclic amines) is 1. The molecule has 51 heavy (non-hydrogen) atoms. The molecule has 3 aromatic carbocycles. The van der Waals surface area contributed by atoms with Crippen LogP contribution in [0.2, 0.25) is 5.02 Å². The van der Waals surface area contributed by atoms with Gasteiger partial charge in [0.25, 0.3) is 5.91 Å². The summed E-state index contributed by atoms with van der Waals surface area (Å²) in [5.74, 6) is 1.69. The molecular weight excluding hydrogens is 687 g/mol. The van der Waals surface area contributed by atoms with E-state index in [1.165, 1.54) is 21.3 Å². The highest BCUT2D eigenvalue weighted by Crippen LogP contribution is 2.38. The van der Waals surface area contributed by atoms with E-state index in [1.807, 2.05) is 53.4 Å². The Hall–Kier alpha value is -4.20. The average molecular weight is 732 g/mol. The molecule has 1 N–H and O–H groups in total. The second-order valence-electron chi connectivity index (χ2n) is 12.6. The van der Waals surface area contributed by atoms with E-state index in [4.69, 9.17) is 35.5 Å². The zero-order chi connectivity index (χ0) is 36.5. The van der Waals surface area contributed by atoms with Gasteiger partial charge in [-0.1, -0.05) is 35.9 Å². The number of alkyl halides is 3. The van der Waals surface area contributed by atoms with Crippen molar-refractivity contribution in [1.29, 1.82) is 0 Å². The predicted octanol–water partition coefficient (Wildman–Crippen LogP) is 7.04. The number of amides is 1. The first-order valence-corrected chi connectivity index (χ1v) is 17.3. The number of nitrogens with zero attached hydrogens (tertiary/aromatic N) is 4. The number of aromatic nitrogens is 2. The lowest BCUT2D eigenvalue weighted by Gasteiger charge is -2.39. The van der Waals surface area contributed by atoms with Gasteiger partial charge in [-0.15, -0.1) is 0 Å². The van der Waals surface area contributed by atoms with Crippen molar-refractivity contribution in [3.05, 3.63) is 76.8 Å². The number of likely N-dealkylation sites (N-methyl/N-ethyl adjacent to an activating group) is 1. The first-order chi connectivity index (χ1) is 24.5. The Balaban J connectivity index is 1.24. The van der Waals surface area contributed by atoms with Crippen LogP contribution in [0.25, 0.3) is 11.0 Å². The third-order valence-electron chi connectivity index (χ3n) is 9.28. The lowest BCUT2D eigenvalue weighted by atomic mass is 9.94. The van der Waals surface area contributed by atoms with Gasteiger partial charge in [-0.3, -0.25) is 4.79 Å². The van der Waals surface area contributed by atoms with Crippen molar-refractivity contribution in [2.45, 2.75) is 37.4 Å². The number of rotatable bonds is 16. The fourth-order valence-electron chi connectivity index (χ4n) is 6.62. The van der Waals surface area contributed by atoms with Gasteiger partial charge in [-0.2, -0.15) is 13.2 Å². The van der Waals surface area contributed by atoms with Crippen molar-refractivity contribution in [3.63, 3.8) is 0 Å². The number of halogens is 4. The molecule has 1 amide bonds. The number of benzene rings is 3. The van der Waals surface area contributed by atoms with Gasteiger partial charge in [-0.05, 0) is 67.8 Å². The highest BCUT2D eigenvalue weighted by Gasteiger charge is 2.30. The number of hydrogen-bond donors (Lipinski definition) is 1. The van der Waals surface area contributed by atoms with E-state index in [0.717, 1.165) is 55.5 Å². The zero-order valence-corrected chi connectivity index (χ0v) is 30.1. The van der Waals surface area contributed by atoms with Crippen molar-refractivity contribution in [3.8, 4) is 17.2 Å². The highest BCUT2D eigenvalue weighted by molar-refractivity contribution is 6.30. The van der Waals surface area contributed by atoms with Gasteiger partial charge in [-0.25, -0.2) is 4.98 Å². The van der Waals surface area contributed by atoms with Crippen molar-refractivity contribution < 1.29 is 36.9 Å². The Labute approximate surface area is 301 Å². The summed E-state index contributed by atoms with van der Waals surface area (Å²) >= 11 is 6.22. The Morgan fingerprint density at radius 2 is 1.69 bits per heavy atom. The fraction of sp³-hybridized carbons (Fsp3) is 0.459. The normalized spacial score (nSPS) is 14.7. The maximum atomic E-state index is 13.7. The van der Waals surface area contributed by atoms with Gasteiger partial charge >= 0.3 is 6.18 Å². The van der Waals surface area contributed by atoms with Gasteiger partial charge < -0.3 is 38.6 Å². The minimum atomic E-state index is -4.38. The van der Waals surface area contributed by atoms with E-state index in [2.05, 4.69) is 9.88 Å². The molecule has 1 aliphatic heterocycles. The minimum absolute atomic E-state index is 0.0220. The molecular formula is C37H45ClF3N5O5. The number of H-pyrrole nitrogens is 1. The van der Waals surface area contributed by atoms with Crippen LogP contribution in [0.3, 0.4) is 0 Å². The summed E-state index contributed by atoms with van der Waals surface area (Å²) < 4.78 is 59.6. The molecule has 0 bridgehead atoms. The Kier molecular flexibility index (Phi) is 12.9. The number of carbonyl (C=O) groups is 1. The number of nitrogens with one attached hydrogen (secondary N) is 1. The molecule has 5 rings (SSSR count). The van der Waals surface area contributed by atoms with Gasteiger partial charge in [0.1, 0.15) is 6.61 Å². The van der Waals surface area contributed by atoms with E-state index in [9.17, 15) is 18.0 Å². The summed E-state index contributed by atoms with van der Waals surface area (Å²) in [5, 5.41) is 0.638. The highest BCUT2D eigenvalue weighted by atomic mass is 35.5. The summed E-state index contributed by atoms with van der Waals surface area (Å²) in [7, 11) is 6.32. The monoisotopic (exact) mass is 731 g/mol. The minimum Gasteiger partial charge on any atom is -0.493 e. The third-order valence-corrected chi connectivity index (χ3v) is 9.53. The Morgan fingerprint density at radius 1 is 1.02 bits per heavy atom. The molecule has 0 radical (unpaired) electrons. The van der Waals surface area contributed by atoms with Gasteiger partial charge in [0.05, 0.1) is 39.0 Å². The van der Waals surface area contributed by atoms with Crippen LogP contribution in [0, 0.1) is 0 Å². The molecule has 4 aromatic rings. The molecule has 1 saturated heterocycles. The van der Waals surface area contributed by atoms with Crippen LogP contribution in [0.4, 0.5) is 19.1 Å². The van der Waals surface area contributed by atoms with E-state index < -0.39 is 12.8 Å². The maximum absolute atomic E-state index is 13.7. The average Bonchev–Trinajstić information content (AvgIpc) is 3.56. The molecule has 1 aliphatic rings. The molecule has 2 heterocycles. The number of ether oxygens (including phenoxy) is 4. The summed E-state index contributed by atoms with van der Waals surface area (Å²) in [4.78, 5) is 27.9. The maximum Gasteiger partial charge on any atom is 0.411 e. The van der Waals surface area contributed by atoms with Gasteiger partial charge in [0, 0.05) is 55.8 Å². The SMILES string of the molecule is COc1cc(C(=O)N(C)CC(CCN2CCC(N(CCOCC(F)(F)F)c3nc4ccccc4[nH]3)CC2)c2ccc(Cl)cc2)cc(OC)c1OC. The first kappa shape index (κ1) is 38.0. The zero-order valence-electron chi connectivity index (χ0n) is 29.3. The topological polar surface area (TPSA) is 92.4 Å². The number of piperidine rings is 1. The van der Waals surface area contributed by atoms with Crippen LogP contribution in [-0.2, 0) is 4.74 Å². The molecule has 276 valence electrons. The lowest BCUT2D eigenvalue weighted by molar-refractivity contribution is -0.173. The molecule has 10 nitrogen and oxygen atoms in total. The van der Waals surface area contributed by atoms with Crippen LogP contribution in [0.1, 0.15) is 41.1 Å². The molecule has 0 aliphatic carbocycles. The molecule has 1 fully saturated rings. The number of para-hydroxylation sites is 2. The Morgan fingerprint density at radius 3 is 2.29 bits per heavy atom. The molecule has 1 aromatic heterocycles. The largest absolute Gasteiger partial charge is 0.493 e. The number of hydrogen-bond acceptors (Lipinski definition) is 8. The van der Waals surface area contributed by atoms with Crippen LogP contribution >= 0.6 is 11.6 Å². The van der Waals surface area contributed by atoms with Crippen molar-refractivity contribution in [1.82, 2.24) is 19.8 Å². The molecule has 0 saturated carbocycles. The summed E-state index contributed by atoms with van der Waals surface area (Å²) in [6, 6.07) is 18.8. The van der Waals surface area contributed by atoms with Crippen LogP contribution < -0.4 is 19.1 Å². The van der Waals surface area contributed by atoms with E-state index in [-0.39, 0.29) is 31.0 Å². The molecule has 14 heteroatoms. The molecule has 1 unspecified atom stereocenters. The van der Waals surface area contributed by atoms with Gasteiger partial charge in [0.2, 0.25) is 11.7 Å². The van der Waals surface area contributed by atoms with Crippen molar-refractivity contribution in [2.75, 3.05) is 79.2 Å². The molecule has 0 spiro atoms. The van der Waals surface area contributed by atoms with E-state index in [1.54, 1.807) is 24.1 Å². The number of aromatic amines is 1. The van der Waals surface area contributed by atoms with Crippen LogP contribution in [-0.4, -0.2) is 112 Å². The second kappa shape index (κ2) is 17.3. The molecule has 1 atom stereocenters. The van der Waals surface area contributed by atoms with Crippen molar-refractivity contribution >= 4 is 34.5 Å². The standard InChI is InChI=1S/C37H45ClF3N5O5/c1-44(35(47)27-21-32(48-2)34(50-4)33(22-27)49-3)23-26(25-9-11-28(38)12-10-25)13-16-45-17-14-29(15-18-45)46(19-20-51-24-37(39,40)41)36-42-30-7-5-6-8-31(30)43-36/h5-12,21-22,26,29H,13-20,23-24H2,1-4H3,(H,42,43). The van der Waals surface area contributed by atoms with Crippen LogP contribution in [0.15, 0.2) is 60.7 Å². The van der Waals surface area contributed by atoms with Gasteiger partial charge in [0.15, 0.2) is 11.5 Å². The lowest BCUT2D eigenvalue weighted by Crippen LogP contribution is -2.47. The third kappa shape index (κ3) is 9.99. The summed E-state index contributed by atoms with van der Waals surface area (Å²) in [6.45, 7) is 1.80. The van der Waals surface area contributed by atoms with Crippen molar-refractivity contribution in [2.24, 2.45) is 0 Å². The summed E-state index contributed by atoms with van der Waals surface area (Å²) in [5.41, 5.74) is 3.16. The Bertz CT molecular complexity index is 1670. The quantitative estimate of drug-likeness (QED) is 0.123. The number of imidazole rings is 1. The van der Waals surface area contributed by atoms with Crippen LogP contribution in [0.5, 0.6) is 17.2 Å². The van der Waals surface area contributed by atoms with E-state index >= 15 is 0 Å². The number of fused-ring (bicyclic) bond motifs is 1. The number of anilines is 1. The van der Waals surface area contributed by atoms with E-state index in [0.29, 0.717) is 40.3 Å². The number of methoxy groups -OCH3 is 3. The smallest absolute Gasteiger partial charge is 0.411 e. The summed E-state index contributed by atoms with van der Waals surface area (Å²) in [6.07, 6.45) is -1.97. The fourth-order valence-corrected chi connectivity index (χ4v) is 6.74. The first-order valence-electron chi connectivity index (χ1n) is 16.9.